The van der Waals surface area contributed by atoms with Crippen molar-refractivity contribution >= 4 is 18.6 Å². The highest BCUT2D eigenvalue weighted by atomic mass is 16.7. The molecule has 2 rings (SSSR count). The van der Waals surface area contributed by atoms with E-state index in [0.29, 0.717) is 5.46 Å². The summed E-state index contributed by atoms with van der Waals surface area (Å²) in [6, 6.07) is 1.44. The Bertz CT molecular complexity index is 666. The number of carbonyl (C=O) groups excluding carboxylic acids is 1. The summed E-state index contributed by atoms with van der Waals surface area (Å²) in [5.41, 5.74) is -1.16. The maximum absolute atomic E-state index is 12.4. The number of esters is 1. The first-order valence-corrected chi connectivity index (χ1v) is 8.01. The van der Waals surface area contributed by atoms with Gasteiger partial charge in [-0.3, -0.25) is 4.79 Å². The van der Waals surface area contributed by atoms with E-state index in [1.54, 1.807) is 13.1 Å². The average Bonchev–Trinajstić information content (AvgIpc) is 2.70. The first kappa shape index (κ1) is 18.7. The summed E-state index contributed by atoms with van der Waals surface area (Å²) in [4.78, 5) is 24.4. The molecule has 1 aliphatic rings. The summed E-state index contributed by atoms with van der Waals surface area (Å²) in [7, 11) is -0.714. The quantitative estimate of drug-likeness (QED) is 0.615. The molecule has 1 saturated heterocycles. The number of pyridine rings is 1. The Balaban J connectivity index is 2.48. The van der Waals surface area contributed by atoms with Gasteiger partial charge in [0, 0.05) is 12.7 Å². The number of nitrogens with zero attached hydrogens (tertiary/aromatic N) is 1. The number of aliphatic hydroxyl groups is 1. The molecular weight excluding hydrogens is 313 g/mol. The lowest BCUT2D eigenvalue weighted by molar-refractivity contribution is 0.00578. The van der Waals surface area contributed by atoms with E-state index in [2.05, 4.69) is 0 Å². The van der Waals surface area contributed by atoms with Gasteiger partial charge in [-0.15, -0.1) is 0 Å². The normalized spacial score (nSPS) is 18.7. The SMILES string of the molecule is CCOC(=O)c1cc(B2OC(C)(C)C(C)(C)O2)cn(CCO)c1=O. The summed E-state index contributed by atoms with van der Waals surface area (Å²) in [6.07, 6.45) is 1.55. The van der Waals surface area contributed by atoms with Crippen molar-refractivity contribution < 1.29 is 23.9 Å². The maximum atomic E-state index is 12.4. The highest BCUT2D eigenvalue weighted by Crippen LogP contribution is 2.36. The third-order valence-corrected chi connectivity index (χ3v) is 4.47. The Morgan fingerprint density at radius 1 is 1.29 bits per heavy atom. The molecule has 0 saturated carbocycles. The minimum Gasteiger partial charge on any atom is -0.462 e. The average molecular weight is 337 g/mol. The van der Waals surface area contributed by atoms with E-state index in [4.69, 9.17) is 19.2 Å². The fourth-order valence-electron chi connectivity index (χ4n) is 2.40. The molecule has 0 atom stereocenters. The van der Waals surface area contributed by atoms with Crippen LogP contribution in [0.25, 0.3) is 0 Å². The fraction of sp³-hybridized carbons (Fsp3) is 0.625. The largest absolute Gasteiger partial charge is 0.496 e. The van der Waals surface area contributed by atoms with Crippen molar-refractivity contribution in [2.24, 2.45) is 0 Å². The second-order valence-electron chi connectivity index (χ2n) is 6.72. The maximum Gasteiger partial charge on any atom is 0.496 e. The molecule has 1 aromatic rings. The predicted molar refractivity (Wildman–Crippen MR) is 89.5 cm³/mol. The highest BCUT2D eigenvalue weighted by molar-refractivity contribution is 6.62. The number of aliphatic hydroxyl groups excluding tert-OH is 1. The van der Waals surface area contributed by atoms with Crippen molar-refractivity contribution in [3.63, 3.8) is 0 Å². The van der Waals surface area contributed by atoms with Crippen molar-refractivity contribution in [2.45, 2.75) is 52.4 Å². The molecule has 1 fully saturated rings. The van der Waals surface area contributed by atoms with E-state index in [1.807, 2.05) is 27.7 Å². The molecule has 1 N–H and O–H groups in total. The van der Waals surface area contributed by atoms with E-state index >= 15 is 0 Å². The van der Waals surface area contributed by atoms with Crippen LogP contribution in [0.5, 0.6) is 0 Å². The molecule has 0 spiro atoms. The fourth-order valence-corrected chi connectivity index (χ4v) is 2.40. The number of hydrogen-bond donors (Lipinski definition) is 1. The lowest BCUT2D eigenvalue weighted by atomic mass is 9.79. The van der Waals surface area contributed by atoms with Crippen molar-refractivity contribution in [3.8, 4) is 0 Å². The zero-order chi connectivity index (χ0) is 18.1. The molecule has 1 aromatic heterocycles. The number of carbonyl (C=O) groups is 1. The van der Waals surface area contributed by atoms with Crippen LogP contribution in [-0.2, 0) is 20.6 Å². The molecule has 132 valence electrons. The van der Waals surface area contributed by atoms with E-state index in [0.717, 1.165) is 0 Å². The van der Waals surface area contributed by atoms with Crippen LogP contribution in [0.4, 0.5) is 0 Å². The van der Waals surface area contributed by atoms with E-state index in [1.165, 1.54) is 10.6 Å². The van der Waals surface area contributed by atoms with Gasteiger partial charge in [-0.05, 0) is 46.1 Å². The monoisotopic (exact) mass is 337 g/mol. The van der Waals surface area contributed by atoms with Crippen LogP contribution in [0.3, 0.4) is 0 Å². The standard InChI is InChI=1S/C16H24BNO6/c1-6-22-14(21)12-9-11(10-18(7-8-19)13(12)20)17-23-15(2,3)16(4,5)24-17/h9-10,19H,6-8H2,1-5H3. The van der Waals surface area contributed by atoms with E-state index < -0.39 is 29.8 Å². The lowest BCUT2D eigenvalue weighted by Gasteiger charge is -2.32. The molecule has 0 amide bonds. The van der Waals surface area contributed by atoms with Crippen LogP contribution in [0.15, 0.2) is 17.1 Å². The third-order valence-electron chi connectivity index (χ3n) is 4.47. The van der Waals surface area contributed by atoms with Crippen molar-refractivity contribution in [1.82, 2.24) is 4.57 Å². The van der Waals surface area contributed by atoms with Gasteiger partial charge in [-0.1, -0.05) is 0 Å². The molecule has 0 aromatic carbocycles. The molecule has 1 aliphatic heterocycles. The molecule has 0 radical (unpaired) electrons. The van der Waals surface area contributed by atoms with Gasteiger partial charge in [0.25, 0.3) is 5.56 Å². The van der Waals surface area contributed by atoms with Gasteiger partial charge in [0.2, 0.25) is 0 Å². The van der Waals surface area contributed by atoms with Gasteiger partial charge in [-0.2, -0.15) is 0 Å². The van der Waals surface area contributed by atoms with Gasteiger partial charge in [-0.25, -0.2) is 4.79 Å². The minimum atomic E-state index is -0.714. The molecular formula is C16H24BNO6. The minimum absolute atomic E-state index is 0.0680. The molecule has 2 heterocycles. The molecule has 0 unspecified atom stereocenters. The predicted octanol–water partition coefficient (Wildman–Crippen LogP) is 0.316. The topological polar surface area (TPSA) is 87.0 Å². The molecule has 7 nitrogen and oxygen atoms in total. The van der Waals surface area contributed by atoms with Crippen LogP contribution in [0.1, 0.15) is 45.0 Å². The Morgan fingerprint density at radius 3 is 2.38 bits per heavy atom. The molecule has 0 bridgehead atoms. The van der Waals surface area contributed by atoms with Crippen LogP contribution in [0.2, 0.25) is 0 Å². The first-order chi connectivity index (χ1) is 11.1. The van der Waals surface area contributed by atoms with Crippen LogP contribution in [-0.4, -0.2) is 47.2 Å². The number of rotatable bonds is 5. The van der Waals surface area contributed by atoms with Gasteiger partial charge in [0.05, 0.1) is 24.4 Å². The smallest absolute Gasteiger partial charge is 0.462 e. The van der Waals surface area contributed by atoms with Crippen molar-refractivity contribution in [1.29, 1.82) is 0 Å². The third kappa shape index (κ3) is 3.40. The summed E-state index contributed by atoms with van der Waals surface area (Å²) in [5.74, 6) is -0.701. The summed E-state index contributed by atoms with van der Waals surface area (Å²) >= 11 is 0. The number of ether oxygens (including phenoxy) is 1. The Morgan fingerprint density at radius 2 is 1.88 bits per heavy atom. The molecule has 8 heteroatoms. The van der Waals surface area contributed by atoms with Crippen LogP contribution < -0.4 is 11.0 Å². The van der Waals surface area contributed by atoms with Gasteiger partial charge < -0.3 is 23.7 Å². The van der Waals surface area contributed by atoms with Crippen LogP contribution >= 0.6 is 0 Å². The van der Waals surface area contributed by atoms with Gasteiger partial charge in [0.15, 0.2) is 0 Å². The zero-order valence-corrected chi connectivity index (χ0v) is 14.8. The Kier molecular flexibility index (Phi) is 5.22. The summed E-state index contributed by atoms with van der Waals surface area (Å²) in [6.45, 7) is 9.35. The number of aromatic nitrogens is 1. The summed E-state index contributed by atoms with van der Waals surface area (Å²) < 4.78 is 18.1. The number of hydrogen-bond acceptors (Lipinski definition) is 6. The Labute approximate surface area is 141 Å². The second kappa shape index (κ2) is 6.70. The second-order valence-corrected chi connectivity index (χ2v) is 6.72. The van der Waals surface area contributed by atoms with Crippen molar-refractivity contribution in [3.05, 3.63) is 28.2 Å². The van der Waals surface area contributed by atoms with Crippen molar-refractivity contribution in [2.75, 3.05) is 13.2 Å². The van der Waals surface area contributed by atoms with E-state index in [9.17, 15) is 9.59 Å². The first-order valence-electron chi connectivity index (χ1n) is 8.01. The zero-order valence-electron chi connectivity index (χ0n) is 14.8. The molecule has 0 aliphatic carbocycles. The Hall–Kier alpha value is -1.64. The van der Waals surface area contributed by atoms with Crippen LogP contribution in [0, 0.1) is 0 Å². The van der Waals surface area contributed by atoms with Gasteiger partial charge >= 0.3 is 13.1 Å². The highest BCUT2D eigenvalue weighted by Gasteiger charge is 2.52. The van der Waals surface area contributed by atoms with Gasteiger partial charge in [0.1, 0.15) is 5.56 Å². The summed E-state index contributed by atoms with van der Waals surface area (Å²) in [5, 5.41) is 9.16. The molecule has 24 heavy (non-hydrogen) atoms. The lowest BCUT2D eigenvalue weighted by Crippen LogP contribution is -2.41. The van der Waals surface area contributed by atoms with E-state index in [-0.39, 0.29) is 25.3 Å².